The Balaban J connectivity index is 2.03. The molecular weight excluding hydrogens is 222 g/mol. The van der Waals surface area contributed by atoms with Gasteiger partial charge in [-0.3, -0.25) is 0 Å². The summed E-state index contributed by atoms with van der Waals surface area (Å²) in [6, 6.07) is 1.45. The standard InChI is InChI=1S/C12H25NS2/c1-10(2)7-15-8-11(3)13-12-5-4-6-14-9-12/h10-13H,4-9H2,1-3H3. The first kappa shape index (κ1) is 13.7. The lowest BCUT2D eigenvalue weighted by atomic mass is 10.1. The van der Waals surface area contributed by atoms with Crippen molar-refractivity contribution in [2.75, 3.05) is 23.0 Å². The second-order valence-corrected chi connectivity index (χ2v) is 7.14. The molecule has 0 radical (unpaired) electrons. The molecule has 1 rings (SSSR count). The summed E-state index contributed by atoms with van der Waals surface area (Å²) < 4.78 is 0. The lowest BCUT2D eigenvalue weighted by molar-refractivity contribution is 0.465. The van der Waals surface area contributed by atoms with Crippen molar-refractivity contribution in [3.8, 4) is 0 Å². The molecule has 1 saturated heterocycles. The van der Waals surface area contributed by atoms with Crippen LogP contribution in [0.4, 0.5) is 0 Å². The fourth-order valence-corrected chi connectivity index (χ4v) is 3.95. The van der Waals surface area contributed by atoms with Gasteiger partial charge >= 0.3 is 0 Å². The summed E-state index contributed by atoms with van der Waals surface area (Å²) in [7, 11) is 0. The van der Waals surface area contributed by atoms with Gasteiger partial charge in [-0.2, -0.15) is 23.5 Å². The van der Waals surface area contributed by atoms with E-state index in [-0.39, 0.29) is 0 Å². The van der Waals surface area contributed by atoms with Gasteiger partial charge in [0.25, 0.3) is 0 Å². The van der Waals surface area contributed by atoms with E-state index in [4.69, 9.17) is 0 Å². The SMILES string of the molecule is CC(C)CSCC(C)NC1CCCSC1. The molecule has 2 atom stereocenters. The molecule has 0 amide bonds. The maximum atomic E-state index is 3.75. The molecule has 1 N–H and O–H groups in total. The summed E-state index contributed by atoms with van der Waals surface area (Å²) in [6.07, 6.45) is 2.78. The zero-order valence-corrected chi connectivity index (χ0v) is 11.9. The van der Waals surface area contributed by atoms with Gasteiger partial charge in [0.05, 0.1) is 0 Å². The van der Waals surface area contributed by atoms with E-state index >= 15 is 0 Å². The maximum absolute atomic E-state index is 3.75. The lowest BCUT2D eigenvalue weighted by Gasteiger charge is -2.26. The molecule has 3 heteroatoms. The largest absolute Gasteiger partial charge is 0.310 e. The Morgan fingerprint density at radius 1 is 1.33 bits per heavy atom. The molecule has 0 saturated carbocycles. The summed E-state index contributed by atoms with van der Waals surface area (Å²) in [5.74, 6) is 6.07. The smallest absolute Gasteiger partial charge is 0.0161 e. The lowest BCUT2D eigenvalue weighted by Crippen LogP contribution is -2.41. The Bertz CT molecular complexity index is 156. The van der Waals surface area contributed by atoms with Gasteiger partial charge in [-0.25, -0.2) is 0 Å². The van der Waals surface area contributed by atoms with Crippen LogP contribution in [0.15, 0.2) is 0 Å². The Hall–Kier alpha value is 0.660. The molecule has 90 valence electrons. The van der Waals surface area contributed by atoms with Gasteiger partial charge in [0, 0.05) is 23.6 Å². The minimum atomic E-state index is 0.678. The van der Waals surface area contributed by atoms with E-state index in [1.807, 2.05) is 0 Å². The molecule has 1 aliphatic rings. The van der Waals surface area contributed by atoms with Crippen molar-refractivity contribution >= 4 is 23.5 Å². The zero-order valence-electron chi connectivity index (χ0n) is 10.3. The van der Waals surface area contributed by atoms with Gasteiger partial charge in [-0.15, -0.1) is 0 Å². The van der Waals surface area contributed by atoms with E-state index < -0.39 is 0 Å². The number of hydrogen-bond acceptors (Lipinski definition) is 3. The fourth-order valence-electron chi connectivity index (χ4n) is 1.80. The monoisotopic (exact) mass is 247 g/mol. The van der Waals surface area contributed by atoms with Crippen LogP contribution in [0.5, 0.6) is 0 Å². The molecular formula is C12H25NS2. The van der Waals surface area contributed by atoms with Crippen LogP contribution < -0.4 is 5.32 Å². The summed E-state index contributed by atoms with van der Waals surface area (Å²) in [6.45, 7) is 6.92. The third-order valence-electron chi connectivity index (χ3n) is 2.50. The number of thioether (sulfide) groups is 2. The van der Waals surface area contributed by atoms with Gasteiger partial charge in [-0.05, 0) is 37.2 Å². The molecule has 0 aliphatic carbocycles. The number of rotatable bonds is 6. The first-order valence-corrected chi connectivity index (χ1v) is 8.41. The molecule has 1 fully saturated rings. The van der Waals surface area contributed by atoms with E-state index in [1.54, 1.807) is 0 Å². The average molecular weight is 247 g/mol. The highest BCUT2D eigenvalue weighted by Crippen LogP contribution is 2.18. The third kappa shape index (κ3) is 6.75. The molecule has 15 heavy (non-hydrogen) atoms. The zero-order chi connectivity index (χ0) is 11.1. The molecule has 1 nitrogen and oxygen atoms in total. The number of nitrogens with one attached hydrogen (secondary N) is 1. The molecule has 0 spiro atoms. The van der Waals surface area contributed by atoms with Gasteiger partial charge in [0.15, 0.2) is 0 Å². The van der Waals surface area contributed by atoms with Gasteiger partial charge in [0.2, 0.25) is 0 Å². The highest BCUT2D eigenvalue weighted by atomic mass is 32.2. The summed E-state index contributed by atoms with van der Waals surface area (Å²) >= 11 is 4.19. The first-order valence-electron chi connectivity index (χ1n) is 6.10. The van der Waals surface area contributed by atoms with Gasteiger partial charge < -0.3 is 5.32 Å². The maximum Gasteiger partial charge on any atom is 0.0161 e. The Kier molecular flexibility index (Phi) is 7.19. The van der Waals surface area contributed by atoms with E-state index in [0.717, 1.165) is 12.0 Å². The predicted octanol–water partition coefficient (Wildman–Crippen LogP) is 3.25. The van der Waals surface area contributed by atoms with Crippen LogP contribution in [-0.2, 0) is 0 Å². The van der Waals surface area contributed by atoms with Crippen molar-refractivity contribution in [2.24, 2.45) is 5.92 Å². The van der Waals surface area contributed by atoms with Crippen molar-refractivity contribution in [1.29, 1.82) is 0 Å². The van der Waals surface area contributed by atoms with Crippen molar-refractivity contribution in [2.45, 2.75) is 45.7 Å². The summed E-state index contributed by atoms with van der Waals surface area (Å²) in [5.41, 5.74) is 0. The molecule has 0 aromatic heterocycles. The van der Waals surface area contributed by atoms with Gasteiger partial charge in [0.1, 0.15) is 0 Å². The third-order valence-corrected chi connectivity index (χ3v) is 5.35. The minimum absolute atomic E-state index is 0.678. The van der Waals surface area contributed by atoms with E-state index in [1.165, 1.54) is 35.9 Å². The Morgan fingerprint density at radius 3 is 2.73 bits per heavy atom. The first-order chi connectivity index (χ1) is 7.18. The highest BCUT2D eigenvalue weighted by Gasteiger charge is 2.15. The van der Waals surface area contributed by atoms with Crippen LogP contribution in [0.3, 0.4) is 0 Å². The topological polar surface area (TPSA) is 12.0 Å². The average Bonchev–Trinajstić information content (AvgIpc) is 2.18. The van der Waals surface area contributed by atoms with Crippen LogP contribution in [0.25, 0.3) is 0 Å². The Morgan fingerprint density at radius 2 is 2.13 bits per heavy atom. The summed E-state index contributed by atoms with van der Waals surface area (Å²) in [4.78, 5) is 0. The Labute approximate surface area is 104 Å². The van der Waals surface area contributed by atoms with E-state index in [2.05, 4.69) is 49.6 Å². The normalized spacial score (nSPS) is 24.4. The van der Waals surface area contributed by atoms with Crippen LogP contribution in [0.2, 0.25) is 0 Å². The molecule has 2 unspecified atom stereocenters. The van der Waals surface area contributed by atoms with Crippen LogP contribution in [-0.4, -0.2) is 35.1 Å². The molecule has 0 aromatic rings. The van der Waals surface area contributed by atoms with Crippen molar-refractivity contribution in [3.05, 3.63) is 0 Å². The van der Waals surface area contributed by atoms with E-state index in [0.29, 0.717) is 6.04 Å². The fraction of sp³-hybridized carbons (Fsp3) is 1.00. The molecule has 1 aliphatic heterocycles. The van der Waals surface area contributed by atoms with Crippen LogP contribution in [0.1, 0.15) is 33.6 Å². The number of hydrogen-bond donors (Lipinski definition) is 1. The summed E-state index contributed by atoms with van der Waals surface area (Å²) in [5, 5.41) is 3.75. The second-order valence-electron chi connectivity index (χ2n) is 4.91. The second kappa shape index (κ2) is 7.86. The van der Waals surface area contributed by atoms with Crippen molar-refractivity contribution in [1.82, 2.24) is 5.32 Å². The van der Waals surface area contributed by atoms with Crippen LogP contribution in [0, 0.1) is 5.92 Å². The van der Waals surface area contributed by atoms with Crippen LogP contribution >= 0.6 is 23.5 Å². The minimum Gasteiger partial charge on any atom is -0.310 e. The predicted molar refractivity (Wildman–Crippen MR) is 75.1 cm³/mol. The van der Waals surface area contributed by atoms with Gasteiger partial charge in [-0.1, -0.05) is 13.8 Å². The molecule has 1 heterocycles. The quantitative estimate of drug-likeness (QED) is 0.774. The highest BCUT2D eigenvalue weighted by molar-refractivity contribution is 7.99. The van der Waals surface area contributed by atoms with Crippen molar-refractivity contribution < 1.29 is 0 Å². The molecule has 0 aromatic carbocycles. The molecule has 0 bridgehead atoms. The van der Waals surface area contributed by atoms with E-state index in [9.17, 15) is 0 Å². The van der Waals surface area contributed by atoms with Crippen molar-refractivity contribution in [3.63, 3.8) is 0 Å².